The first-order valence-electron chi connectivity index (χ1n) is 3.81. The second-order valence-corrected chi connectivity index (χ2v) is 4.39. The van der Waals surface area contributed by atoms with E-state index in [0.29, 0.717) is 0 Å². The first kappa shape index (κ1) is 11.8. The highest BCUT2D eigenvalue weighted by molar-refractivity contribution is 7.89. The zero-order chi connectivity index (χ0) is 11.8. The number of nitrogen functional groups attached to an aromatic ring is 1. The van der Waals surface area contributed by atoms with E-state index in [0.717, 1.165) is 6.07 Å². The molecule has 0 fully saturated rings. The van der Waals surface area contributed by atoms with Crippen LogP contribution in [0.4, 0.5) is 14.5 Å². The number of aryl methyl sites for hydroxylation is 1. The molecule has 1 aromatic heterocycles. The van der Waals surface area contributed by atoms with Crippen LogP contribution in [0.25, 0.3) is 0 Å². The van der Waals surface area contributed by atoms with E-state index in [1.54, 1.807) is 0 Å². The van der Waals surface area contributed by atoms with Crippen molar-refractivity contribution in [1.82, 2.24) is 4.98 Å². The molecule has 1 rings (SSSR count). The van der Waals surface area contributed by atoms with Crippen molar-refractivity contribution in [3.8, 4) is 0 Å². The van der Waals surface area contributed by atoms with Gasteiger partial charge in [0, 0.05) is 11.3 Å². The van der Waals surface area contributed by atoms with Gasteiger partial charge in [0.2, 0.25) is 0 Å². The molecule has 1 heterocycles. The van der Waals surface area contributed by atoms with Crippen molar-refractivity contribution in [3.63, 3.8) is 0 Å². The Balaban J connectivity index is 3.56. The van der Waals surface area contributed by atoms with E-state index < -0.39 is 32.7 Å². The number of pyridine rings is 1. The van der Waals surface area contributed by atoms with E-state index in [-0.39, 0.29) is 5.69 Å². The van der Waals surface area contributed by atoms with Gasteiger partial charge in [0.15, 0.2) is 5.03 Å². The Bertz CT molecular complexity index is 487. The number of nitrogens with zero attached hydrogens (tertiary/aromatic N) is 1. The summed E-state index contributed by atoms with van der Waals surface area (Å²) in [7, 11) is -4.18. The lowest BCUT2D eigenvalue weighted by Gasteiger charge is -2.09. The monoisotopic (exact) mass is 237 g/mol. The molecule has 0 aliphatic heterocycles. The van der Waals surface area contributed by atoms with Crippen molar-refractivity contribution >= 4 is 15.7 Å². The first-order chi connectivity index (χ1) is 6.73. The van der Waals surface area contributed by atoms with Gasteiger partial charge in [0.25, 0.3) is 16.4 Å². The summed E-state index contributed by atoms with van der Waals surface area (Å²) in [5, 5.41) is 4.07. The Labute approximate surface area is 85.2 Å². The van der Waals surface area contributed by atoms with Gasteiger partial charge in [-0.25, -0.2) is 27.3 Å². The molecule has 84 valence electrons. The Morgan fingerprint density at radius 2 is 2.00 bits per heavy atom. The summed E-state index contributed by atoms with van der Waals surface area (Å²) in [4.78, 5) is 3.52. The number of hydrogen-bond acceptors (Lipinski definition) is 4. The number of alkyl halides is 2. The van der Waals surface area contributed by atoms with Crippen molar-refractivity contribution in [3.05, 3.63) is 17.3 Å². The average molecular weight is 237 g/mol. The van der Waals surface area contributed by atoms with Crippen LogP contribution in [-0.4, -0.2) is 13.4 Å². The van der Waals surface area contributed by atoms with Crippen LogP contribution < -0.4 is 10.9 Å². The second-order valence-electron chi connectivity index (χ2n) is 2.92. The second kappa shape index (κ2) is 3.70. The van der Waals surface area contributed by atoms with E-state index >= 15 is 0 Å². The molecular formula is C7H9F2N3O2S. The molecule has 0 amide bonds. The van der Waals surface area contributed by atoms with Crippen molar-refractivity contribution in [1.29, 1.82) is 0 Å². The van der Waals surface area contributed by atoms with Gasteiger partial charge in [-0.05, 0) is 13.0 Å². The van der Waals surface area contributed by atoms with Gasteiger partial charge in [-0.2, -0.15) is 0 Å². The summed E-state index contributed by atoms with van der Waals surface area (Å²) < 4.78 is 46.8. The molecular weight excluding hydrogens is 228 g/mol. The minimum absolute atomic E-state index is 0.114. The first-order valence-corrected chi connectivity index (χ1v) is 5.36. The van der Waals surface area contributed by atoms with Gasteiger partial charge in [0.1, 0.15) is 0 Å². The molecule has 0 aliphatic rings. The predicted octanol–water partition coefficient (Wildman–Crippen LogP) is 0.557. The lowest BCUT2D eigenvalue weighted by Crippen LogP contribution is -2.18. The molecule has 0 atom stereocenters. The third-order valence-corrected chi connectivity index (χ3v) is 2.54. The SMILES string of the molecule is Cc1cc(C(F)F)c(N)c(S(N)(=O)=O)n1. The molecule has 8 heteroatoms. The summed E-state index contributed by atoms with van der Waals surface area (Å²) in [6.07, 6.45) is -2.87. The molecule has 0 saturated heterocycles. The van der Waals surface area contributed by atoms with Gasteiger partial charge >= 0.3 is 0 Å². The number of primary sulfonamides is 1. The fraction of sp³-hybridized carbons (Fsp3) is 0.286. The fourth-order valence-electron chi connectivity index (χ4n) is 1.08. The maximum absolute atomic E-state index is 12.4. The number of halogens is 2. The third-order valence-electron chi connectivity index (χ3n) is 1.69. The number of hydrogen-bond donors (Lipinski definition) is 2. The zero-order valence-electron chi connectivity index (χ0n) is 7.74. The van der Waals surface area contributed by atoms with Gasteiger partial charge in [0.05, 0.1) is 5.69 Å². The predicted molar refractivity (Wildman–Crippen MR) is 49.7 cm³/mol. The van der Waals surface area contributed by atoms with E-state index in [2.05, 4.69) is 4.98 Å². The van der Waals surface area contributed by atoms with Gasteiger partial charge < -0.3 is 5.73 Å². The van der Waals surface area contributed by atoms with Crippen molar-refractivity contribution < 1.29 is 17.2 Å². The van der Waals surface area contributed by atoms with Crippen LogP contribution in [0.5, 0.6) is 0 Å². The van der Waals surface area contributed by atoms with E-state index in [1.807, 2.05) is 0 Å². The lowest BCUT2D eigenvalue weighted by molar-refractivity contribution is 0.152. The Morgan fingerprint density at radius 1 is 1.47 bits per heavy atom. The Kier molecular flexibility index (Phi) is 2.91. The highest BCUT2D eigenvalue weighted by Gasteiger charge is 2.22. The lowest BCUT2D eigenvalue weighted by atomic mass is 10.2. The Hall–Kier alpha value is -1.28. The number of aromatic nitrogens is 1. The average Bonchev–Trinajstić information content (AvgIpc) is 2.06. The molecule has 15 heavy (non-hydrogen) atoms. The van der Waals surface area contributed by atoms with E-state index in [9.17, 15) is 17.2 Å². The molecule has 1 aromatic rings. The quantitative estimate of drug-likeness (QED) is 0.784. The third kappa shape index (κ3) is 2.39. The smallest absolute Gasteiger partial charge is 0.265 e. The molecule has 0 radical (unpaired) electrons. The van der Waals surface area contributed by atoms with Crippen LogP contribution in [-0.2, 0) is 10.0 Å². The van der Waals surface area contributed by atoms with Gasteiger partial charge in [-0.3, -0.25) is 0 Å². The summed E-state index contributed by atoms with van der Waals surface area (Å²) in [6, 6.07) is 1.02. The molecule has 0 unspecified atom stereocenters. The topological polar surface area (TPSA) is 99.1 Å². The van der Waals surface area contributed by atoms with Crippen LogP contribution in [0.1, 0.15) is 17.7 Å². The zero-order valence-corrected chi connectivity index (χ0v) is 8.55. The highest BCUT2D eigenvalue weighted by Crippen LogP contribution is 2.29. The van der Waals surface area contributed by atoms with Crippen LogP contribution in [0, 0.1) is 6.92 Å². The summed E-state index contributed by atoms with van der Waals surface area (Å²) >= 11 is 0. The summed E-state index contributed by atoms with van der Waals surface area (Å²) in [6.45, 7) is 1.38. The summed E-state index contributed by atoms with van der Waals surface area (Å²) in [5.41, 5.74) is 4.18. The maximum Gasteiger partial charge on any atom is 0.265 e. The van der Waals surface area contributed by atoms with Crippen LogP contribution in [0.3, 0.4) is 0 Å². The molecule has 4 N–H and O–H groups in total. The van der Waals surface area contributed by atoms with Crippen LogP contribution in [0.15, 0.2) is 11.1 Å². The van der Waals surface area contributed by atoms with E-state index in [4.69, 9.17) is 10.9 Å². The fourth-order valence-corrected chi connectivity index (χ4v) is 1.77. The van der Waals surface area contributed by atoms with Crippen LogP contribution >= 0.6 is 0 Å². The van der Waals surface area contributed by atoms with Crippen molar-refractivity contribution in [2.75, 3.05) is 5.73 Å². The van der Waals surface area contributed by atoms with E-state index in [1.165, 1.54) is 6.92 Å². The normalized spacial score (nSPS) is 12.1. The Morgan fingerprint density at radius 3 is 2.40 bits per heavy atom. The molecule has 0 saturated carbocycles. The molecule has 0 aliphatic carbocycles. The molecule has 0 aromatic carbocycles. The molecule has 0 bridgehead atoms. The van der Waals surface area contributed by atoms with Crippen LogP contribution in [0.2, 0.25) is 0 Å². The highest BCUT2D eigenvalue weighted by atomic mass is 32.2. The number of anilines is 1. The number of sulfonamides is 1. The summed E-state index contributed by atoms with van der Waals surface area (Å²) in [5.74, 6) is 0. The minimum atomic E-state index is -4.18. The number of nitrogens with two attached hydrogens (primary N) is 2. The molecule has 5 nitrogen and oxygen atoms in total. The van der Waals surface area contributed by atoms with Gasteiger partial charge in [-0.15, -0.1) is 0 Å². The molecule has 0 spiro atoms. The van der Waals surface area contributed by atoms with Crippen molar-refractivity contribution in [2.45, 2.75) is 18.4 Å². The van der Waals surface area contributed by atoms with Gasteiger partial charge in [-0.1, -0.05) is 0 Å². The maximum atomic E-state index is 12.4. The number of rotatable bonds is 2. The largest absolute Gasteiger partial charge is 0.396 e. The minimum Gasteiger partial charge on any atom is -0.396 e. The van der Waals surface area contributed by atoms with Crippen molar-refractivity contribution in [2.24, 2.45) is 5.14 Å². The standard InChI is InChI=1S/C7H9F2N3O2S/c1-3-2-4(6(8)9)5(10)7(12-3)15(11,13)14/h2,6H,10H2,1H3,(H2,11,13,14).